The first-order valence-electron chi connectivity index (χ1n) is 6.80. The maximum absolute atomic E-state index is 10.9. The first-order valence-corrected chi connectivity index (χ1v) is 6.80. The van der Waals surface area contributed by atoms with Gasteiger partial charge in [-0.3, -0.25) is 0 Å². The van der Waals surface area contributed by atoms with Crippen LogP contribution in [0.15, 0.2) is 36.4 Å². The zero-order chi connectivity index (χ0) is 15.4. The monoisotopic (exact) mass is 285 g/mol. The van der Waals surface area contributed by atoms with E-state index < -0.39 is 5.97 Å². The lowest BCUT2D eigenvalue weighted by molar-refractivity contribution is 0.0697. The van der Waals surface area contributed by atoms with Crippen LogP contribution in [-0.2, 0) is 0 Å². The number of aryl methyl sites for hydroxylation is 2. The van der Waals surface area contributed by atoms with Gasteiger partial charge in [-0.1, -0.05) is 12.1 Å². The summed E-state index contributed by atoms with van der Waals surface area (Å²) in [6, 6.07) is 10.9. The largest absolute Gasteiger partial charge is 0.492 e. The predicted molar refractivity (Wildman–Crippen MR) is 82.9 cm³/mol. The molecule has 4 nitrogen and oxygen atoms in total. The van der Waals surface area contributed by atoms with E-state index in [-0.39, 0.29) is 5.56 Å². The van der Waals surface area contributed by atoms with Crippen molar-refractivity contribution >= 4 is 5.97 Å². The van der Waals surface area contributed by atoms with E-state index in [1.807, 2.05) is 32.0 Å². The number of hydrogen-bond donors (Lipinski definition) is 2. The van der Waals surface area contributed by atoms with Crippen molar-refractivity contribution in [3.8, 4) is 16.9 Å². The molecule has 2 aromatic rings. The van der Waals surface area contributed by atoms with Crippen LogP contribution in [0.3, 0.4) is 0 Å². The van der Waals surface area contributed by atoms with Gasteiger partial charge in [0.05, 0.1) is 5.56 Å². The van der Waals surface area contributed by atoms with Crippen LogP contribution in [-0.4, -0.2) is 24.2 Å². The molecule has 2 rings (SSSR count). The molecule has 0 spiro atoms. The van der Waals surface area contributed by atoms with Crippen LogP contribution >= 0.6 is 0 Å². The van der Waals surface area contributed by atoms with Crippen molar-refractivity contribution in [3.63, 3.8) is 0 Å². The predicted octanol–water partition coefficient (Wildman–Crippen LogP) is 3.01. The normalized spacial score (nSPS) is 10.4. The molecule has 0 aliphatic heterocycles. The third-order valence-electron chi connectivity index (χ3n) is 3.34. The Labute approximate surface area is 124 Å². The van der Waals surface area contributed by atoms with Crippen molar-refractivity contribution in [2.24, 2.45) is 5.73 Å². The van der Waals surface area contributed by atoms with Crippen LogP contribution < -0.4 is 10.5 Å². The van der Waals surface area contributed by atoms with Gasteiger partial charge in [-0.2, -0.15) is 0 Å². The second-order valence-electron chi connectivity index (χ2n) is 4.95. The summed E-state index contributed by atoms with van der Waals surface area (Å²) in [5.74, 6) is -0.0798. The van der Waals surface area contributed by atoms with E-state index in [1.165, 1.54) is 0 Å². The molecule has 0 aromatic heterocycles. The van der Waals surface area contributed by atoms with Gasteiger partial charge in [-0.05, 0) is 60.4 Å². The van der Waals surface area contributed by atoms with Crippen LogP contribution in [0.4, 0.5) is 0 Å². The van der Waals surface area contributed by atoms with Gasteiger partial charge in [0.1, 0.15) is 12.4 Å². The average molecular weight is 285 g/mol. The van der Waals surface area contributed by atoms with Gasteiger partial charge in [-0.15, -0.1) is 0 Å². The summed E-state index contributed by atoms with van der Waals surface area (Å²) in [7, 11) is 0. The van der Waals surface area contributed by atoms with Gasteiger partial charge in [0.25, 0.3) is 0 Å². The minimum absolute atomic E-state index is 0.288. The van der Waals surface area contributed by atoms with Gasteiger partial charge >= 0.3 is 5.97 Å². The van der Waals surface area contributed by atoms with E-state index in [0.29, 0.717) is 13.2 Å². The van der Waals surface area contributed by atoms with Crippen molar-refractivity contribution < 1.29 is 14.6 Å². The number of carbonyl (C=O) groups is 1. The Morgan fingerprint density at radius 1 is 1.14 bits per heavy atom. The molecule has 0 fully saturated rings. The van der Waals surface area contributed by atoms with Crippen molar-refractivity contribution in [1.82, 2.24) is 0 Å². The zero-order valence-corrected chi connectivity index (χ0v) is 12.2. The number of benzene rings is 2. The summed E-state index contributed by atoms with van der Waals surface area (Å²) in [5.41, 5.74) is 9.92. The molecule has 110 valence electrons. The Balaban J connectivity index is 2.35. The molecular formula is C17H19NO3. The van der Waals surface area contributed by atoms with Gasteiger partial charge in [-0.25, -0.2) is 4.79 Å². The lowest BCUT2D eigenvalue weighted by Crippen LogP contribution is -2.11. The maximum atomic E-state index is 10.9. The molecule has 3 N–H and O–H groups in total. The Hall–Kier alpha value is -2.33. The Morgan fingerprint density at radius 3 is 2.38 bits per heavy atom. The summed E-state index contributed by atoms with van der Waals surface area (Å²) in [6.45, 7) is 4.97. The number of carboxylic acid groups (broad SMARTS) is 1. The Kier molecular flexibility index (Phi) is 4.60. The highest BCUT2D eigenvalue weighted by Gasteiger charge is 2.09. The van der Waals surface area contributed by atoms with Crippen molar-refractivity contribution in [3.05, 3.63) is 53.1 Å². The Morgan fingerprint density at radius 2 is 1.81 bits per heavy atom. The fourth-order valence-corrected chi connectivity index (χ4v) is 2.22. The van der Waals surface area contributed by atoms with Gasteiger partial charge in [0, 0.05) is 6.54 Å². The average Bonchev–Trinajstić information content (AvgIpc) is 2.48. The van der Waals surface area contributed by atoms with Crippen molar-refractivity contribution in [2.45, 2.75) is 13.8 Å². The lowest BCUT2D eigenvalue weighted by atomic mass is 9.97. The SMILES string of the molecule is Cc1cc(-c2ccc(C(=O)O)cc2)c(C)cc1OCCN. The molecule has 0 atom stereocenters. The summed E-state index contributed by atoms with van der Waals surface area (Å²) in [5, 5.41) is 8.94. The van der Waals surface area contributed by atoms with E-state index in [4.69, 9.17) is 15.6 Å². The van der Waals surface area contributed by atoms with Crippen LogP contribution in [0.5, 0.6) is 5.75 Å². The Bertz CT molecular complexity index is 648. The standard InChI is InChI=1S/C17H19NO3/c1-11-10-16(21-8-7-18)12(2)9-15(11)13-3-5-14(6-4-13)17(19)20/h3-6,9-10H,7-8,18H2,1-2H3,(H,19,20). The second kappa shape index (κ2) is 6.41. The number of carboxylic acids is 1. The van der Waals surface area contributed by atoms with Gasteiger partial charge < -0.3 is 15.6 Å². The summed E-state index contributed by atoms with van der Waals surface area (Å²) >= 11 is 0. The highest BCUT2D eigenvalue weighted by Crippen LogP contribution is 2.30. The number of hydrogen-bond acceptors (Lipinski definition) is 3. The molecule has 4 heteroatoms. The lowest BCUT2D eigenvalue weighted by Gasteiger charge is -2.13. The first kappa shape index (κ1) is 15.1. The topological polar surface area (TPSA) is 72.5 Å². The van der Waals surface area contributed by atoms with Crippen LogP contribution in [0, 0.1) is 13.8 Å². The molecule has 0 radical (unpaired) electrons. The third kappa shape index (κ3) is 3.41. The molecule has 0 heterocycles. The minimum Gasteiger partial charge on any atom is -0.492 e. The molecule has 0 saturated heterocycles. The van der Waals surface area contributed by atoms with Crippen molar-refractivity contribution in [1.29, 1.82) is 0 Å². The fourth-order valence-electron chi connectivity index (χ4n) is 2.22. The molecular weight excluding hydrogens is 266 g/mol. The van der Waals surface area contributed by atoms with Gasteiger partial charge in [0.15, 0.2) is 0 Å². The first-order chi connectivity index (χ1) is 10.0. The van der Waals surface area contributed by atoms with Crippen molar-refractivity contribution in [2.75, 3.05) is 13.2 Å². The maximum Gasteiger partial charge on any atom is 0.335 e. The molecule has 2 aromatic carbocycles. The van der Waals surface area contributed by atoms with Crippen LogP contribution in [0.25, 0.3) is 11.1 Å². The molecule has 21 heavy (non-hydrogen) atoms. The number of ether oxygens (including phenoxy) is 1. The third-order valence-corrected chi connectivity index (χ3v) is 3.34. The quantitative estimate of drug-likeness (QED) is 0.885. The summed E-state index contributed by atoms with van der Waals surface area (Å²) in [6.07, 6.45) is 0. The molecule has 0 bridgehead atoms. The molecule has 0 amide bonds. The van der Waals surface area contributed by atoms with E-state index >= 15 is 0 Å². The van der Waals surface area contributed by atoms with Gasteiger partial charge in [0.2, 0.25) is 0 Å². The van der Waals surface area contributed by atoms with E-state index in [0.717, 1.165) is 28.0 Å². The van der Waals surface area contributed by atoms with E-state index in [1.54, 1.807) is 12.1 Å². The highest BCUT2D eigenvalue weighted by molar-refractivity contribution is 5.88. The minimum atomic E-state index is -0.917. The molecule has 0 aliphatic rings. The number of aromatic carboxylic acids is 1. The summed E-state index contributed by atoms with van der Waals surface area (Å²) < 4.78 is 5.61. The number of rotatable bonds is 5. The van der Waals surface area contributed by atoms with Crippen LogP contribution in [0.1, 0.15) is 21.5 Å². The molecule has 0 saturated carbocycles. The fraction of sp³-hybridized carbons (Fsp3) is 0.235. The van der Waals surface area contributed by atoms with Crippen LogP contribution in [0.2, 0.25) is 0 Å². The molecule has 0 unspecified atom stereocenters. The smallest absolute Gasteiger partial charge is 0.335 e. The van der Waals surface area contributed by atoms with E-state index in [2.05, 4.69) is 6.07 Å². The number of nitrogens with two attached hydrogens (primary N) is 1. The molecule has 0 aliphatic carbocycles. The zero-order valence-electron chi connectivity index (χ0n) is 12.2. The van der Waals surface area contributed by atoms with E-state index in [9.17, 15) is 4.79 Å². The second-order valence-corrected chi connectivity index (χ2v) is 4.95. The summed E-state index contributed by atoms with van der Waals surface area (Å²) in [4.78, 5) is 10.9. The highest BCUT2D eigenvalue weighted by atomic mass is 16.5.